The number of carbonyl (C=O) groups is 1. The van der Waals surface area contributed by atoms with Gasteiger partial charge >= 0.3 is 0 Å². The fourth-order valence-corrected chi connectivity index (χ4v) is 1.61. The molecule has 2 rings (SSSR count). The van der Waals surface area contributed by atoms with Crippen LogP contribution in [-0.4, -0.2) is 44.4 Å². The zero-order chi connectivity index (χ0) is 13.5. The number of carbonyl (C=O) groups excluding carboxylic acids is 1. The molecule has 102 valence electrons. The maximum Gasteiger partial charge on any atom is 0.287 e. The molecule has 0 atom stereocenters. The number of methoxy groups -OCH3 is 1. The van der Waals surface area contributed by atoms with E-state index in [0.29, 0.717) is 19.0 Å². The zero-order valence-electron chi connectivity index (χ0n) is 10.7. The van der Waals surface area contributed by atoms with Gasteiger partial charge in [-0.25, -0.2) is 4.98 Å². The third-order valence-corrected chi connectivity index (χ3v) is 2.56. The highest BCUT2D eigenvalue weighted by molar-refractivity contribution is 5.90. The monoisotopic (exact) mass is 264 g/mol. The molecule has 8 nitrogen and oxygen atoms in total. The van der Waals surface area contributed by atoms with Crippen LogP contribution in [0.4, 0.5) is 0 Å². The van der Waals surface area contributed by atoms with Crippen LogP contribution in [0.3, 0.4) is 0 Å². The average Bonchev–Trinajstić information content (AvgIpc) is 3.08. The number of hydrogen-bond acceptors (Lipinski definition) is 5. The van der Waals surface area contributed by atoms with Gasteiger partial charge in [0, 0.05) is 32.7 Å². The summed E-state index contributed by atoms with van der Waals surface area (Å²) in [7, 11) is 1.66. The van der Waals surface area contributed by atoms with E-state index < -0.39 is 0 Å². The van der Waals surface area contributed by atoms with E-state index in [0.717, 1.165) is 13.0 Å². The molecule has 0 saturated heterocycles. The summed E-state index contributed by atoms with van der Waals surface area (Å²) in [5.41, 5.74) is 0. The van der Waals surface area contributed by atoms with E-state index in [4.69, 9.17) is 4.74 Å². The van der Waals surface area contributed by atoms with Gasteiger partial charge in [0.25, 0.3) is 5.91 Å². The van der Waals surface area contributed by atoms with Gasteiger partial charge in [0.05, 0.1) is 6.54 Å². The van der Waals surface area contributed by atoms with Gasteiger partial charge in [-0.3, -0.25) is 4.79 Å². The number of amides is 1. The molecule has 0 aliphatic carbocycles. The van der Waals surface area contributed by atoms with Crippen LogP contribution in [0.1, 0.15) is 22.9 Å². The largest absolute Gasteiger partial charge is 0.385 e. The molecule has 0 fully saturated rings. The van der Waals surface area contributed by atoms with Crippen molar-refractivity contribution in [3.05, 3.63) is 30.4 Å². The molecule has 2 N–H and O–H groups in total. The molecule has 0 aliphatic heterocycles. The lowest BCUT2D eigenvalue weighted by atomic mass is 10.4. The molecular formula is C11H16N6O2. The third kappa shape index (κ3) is 3.62. The number of nitrogens with one attached hydrogen (secondary N) is 2. The molecule has 2 aromatic heterocycles. The van der Waals surface area contributed by atoms with Crippen molar-refractivity contribution in [1.29, 1.82) is 0 Å². The molecule has 2 aromatic rings. The molecule has 0 bridgehead atoms. The summed E-state index contributed by atoms with van der Waals surface area (Å²) >= 11 is 0. The van der Waals surface area contributed by atoms with Gasteiger partial charge in [0.2, 0.25) is 0 Å². The summed E-state index contributed by atoms with van der Waals surface area (Å²) in [6, 6.07) is 0. The number of imidazole rings is 1. The normalized spacial score (nSPS) is 10.6. The van der Waals surface area contributed by atoms with Crippen molar-refractivity contribution in [1.82, 2.24) is 30.0 Å². The Morgan fingerprint density at radius 3 is 3.21 bits per heavy atom. The van der Waals surface area contributed by atoms with Crippen LogP contribution in [0, 0.1) is 0 Å². The Bertz CT molecular complexity index is 507. The molecule has 0 spiro atoms. The maximum absolute atomic E-state index is 11.7. The second-order valence-corrected chi connectivity index (χ2v) is 3.91. The van der Waals surface area contributed by atoms with Crippen molar-refractivity contribution < 1.29 is 9.53 Å². The molecule has 19 heavy (non-hydrogen) atoms. The minimum atomic E-state index is -0.267. The first-order valence-electron chi connectivity index (χ1n) is 5.94. The smallest absolute Gasteiger partial charge is 0.287 e. The Morgan fingerprint density at radius 1 is 1.58 bits per heavy atom. The molecule has 2 heterocycles. The van der Waals surface area contributed by atoms with Crippen LogP contribution >= 0.6 is 0 Å². The predicted molar refractivity (Wildman–Crippen MR) is 66.3 cm³/mol. The van der Waals surface area contributed by atoms with E-state index in [1.807, 2.05) is 4.57 Å². The van der Waals surface area contributed by atoms with E-state index in [1.165, 1.54) is 6.20 Å². The van der Waals surface area contributed by atoms with Gasteiger partial charge < -0.3 is 19.6 Å². The maximum atomic E-state index is 11.7. The molecule has 0 unspecified atom stereocenters. The van der Waals surface area contributed by atoms with Gasteiger partial charge in [-0.2, -0.15) is 0 Å². The van der Waals surface area contributed by atoms with Crippen molar-refractivity contribution in [3.8, 4) is 0 Å². The molecule has 0 aromatic carbocycles. The fourth-order valence-electron chi connectivity index (χ4n) is 1.61. The summed E-state index contributed by atoms with van der Waals surface area (Å²) in [5, 5.41) is 10.5. The lowest BCUT2D eigenvalue weighted by Crippen LogP contribution is -2.25. The Morgan fingerprint density at radius 2 is 2.47 bits per heavy atom. The van der Waals surface area contributed by atoms with E-state index >= 15 is 0 Å². The molecule has 0 radical (unpaired) electrons. The van der Waals surface area contributed by atoms with Crippen LogP contribution < -0.4 is 5.32 Å². The standard InChI is InChI=1S/C11H16N6O2/c1-19-6-2-5-17-8-15-16-9(17)7-14-11(18)10-12-3-4-13-10/h3-4,8H,2,5-7H2,1H3,(H,12,13)(H,14,18). The molecule has 0 saturated carbocycles. The average molecular weight is 264 g/mol. The minimum Gasteiger partial charge on any atom is -0.385 e. The highest BCUT2D eigenvalue weighted by Crippen LogP contribution is 1.98. The number of rotatable bonds is 7. The Kier molecular flexibility index (Phi) is 4.62. The molecule has 0 aliphatic rings. The van der Waals surface area contributed by atoms with Gasteiger partial charge in [-0.15, -0.1) is 10.2 Å². The van der Waals surface area contributed by atoms with Crippen molar-refractivity contribution in [2.45, 2.75) is 19.5 Å². The van der Waals surface area contributed by atoms with Gasteiger partial charge in [0.15, 0.2) is 11.6 Å². The second kappa shape index (κ2) is 6.64. The summed E-state index contributed by atoms with van der Waals surface area (Å²) in [4.78, 5) is 18.3. The molecule has 1 amide bonds. The van der Waals surface area contributed by atoms with E-state index in [-0.39, 0.29) is 11.7 Å². The van der Waals surface area contributed by atoms with E-state index in [2.05, 4.69) is 25.5 Å². The van der Waals surface area contributed by atoms with Crippen LogP contribution in [0.25, 0.3) is 0 Å². The van der Waals surface area contributed by atoms with Gasteiger partial charge in [-0.1, -0.05) is 0 Å². The van der Waals surface area contributed by atoms with Crippen LogP contribution in [0.5, 0.6) is 0 Å². The Hall–Kier alpha value is -2.22. The van der Waals surface area contributed by atoms with E-state index in [1.54, 1.807) is 19.6 Å². The van der Waals surface area contributed by atoms with Crippen molar-refractivity contribution in [2.24, 2.45) is 0 Å². The van der Waals surface area contributed by atoms with E-state index in [9.17, 15) is 4.79 Å². The molecule has 8 heteroatoms. The Balaban J connectivity index is 1.86. The number of aryl methyl sites for hydroxylation is 1. The number of aromatic nitrogens is 5. The third-order valence-electron chi connectivity index (χ3n) is 2.56. The molecular weight excluding hydrogens is 248 g/mol. The SMILES string of the molecule is COCCCn1cnnc1CNC(=O)c1ncc[nH]1. The Labute approximate surface area is 110 Å². The topological polar surface area (TPSA) is 97.7 Å². The zero-order valence-corrected chi connectivity index (χ0v) is 10.7. The van der Waals surface area contributed by atoms with Gasteiger partial charge in [0.1, 0.15) is 6.33 Å². The van der Waals surface area contributed by atoms with Crippen LogP contribution in [0.15, 0.2) is 18.7 Å². The predicted octanol–water partition coefficient (Wildman–Crippen LogP) is -0.0323. The number of nitrogens with zero attached hydrogens (tertiary/aromatic N) is 4. The number of ether oxygens (including phenoxy) is 1. The number of aromatic amines is 1. The van der Waals surface area contributed by atoms with Gasteiger partial charge in [-0.05, 0) is 6.42 Å². The number of hydrogen-bond donors (Lipinski definition) is 2. The minimum absolute atomic E-state index is 0.267. The van der Waals surface area contributed by atoms with Crippen molar-refractivity contribution in [2.75, 3.05) is 13.7 Å². The highest BCUT2D eigenvalue weighted by Gasteiger charge is 2.10. The lowest BCUT2D eigenvalue weighted by Gasteiger charge is -2.06. The summed E-state index contributed by atoms with van der Waals surface area (Å²) in [6.07, 6.45) is 5.64. The number of H-pyrrole nitrogens is 1. The first-order valence-corrected chi connectivity index (χ1v) is 5.94. The quantitative estimate of drug-likeness (QED) is 0.684. The fraction of sp³-hybridized carbons (Fsp3) is 0.455. The summed E-state index contributed by atoms with van der Waals surface area (Å²) in [5.74, 6) is 0.720. The lowest BCUT2D eigenvalue weighted by molar-refractivity contribution is 0.0940. The first kappa shape index (κ1) is 13.2. The van der Waals surface area contributed by atoms with Crippen LogP contribution in [0.2, 0.25) is 0 Å². The highest BCUT2D eigenvalue weighted by atomic mass is 16.5. The van der Waals surface area contributed by atoms with Crippen LogP contribution in [-0.2, 0) is 17.8 Å². The van der Waals surface area contributed by atoms with Crippen molar-refractivity contribution in [3.63, 3.8) is 0 Å². The first-order chi connectivity index (χ1) is 9.31. The van der Waals surface area contributed by atoms with Crippen molar-refractivity contribution >= 4 is 5.91 Å². The summed E-state index contributed by atoms with van der Waals surface area (Å²) in [6.45, 7) is 1.75. The second-order valence-electron chi connectivity index (χ2n) is 3.91. The summed E-state index contributed by atoms with van der Waals surface area (Å²) < 4.78 is 6.88.